The third-order valence-corrected chi connectivity index (χ3v) is 1.52. The van der Waals surface area contributed by atoms with Crippen molar-refractivity contribution in [2.75, 3.05) is 0 Å². The number of halogens is 1. The van der Waals surface area contributed by atoms with Crippen LogP contribution in [0.1, 0.15) is 0 Å². The molecule has 0 aliphatic rings. The Labute approximate surface area is 87.6 Å². The van der Waals surface area contributed by atoms with E-state index in [1.165, 1.54) is 0 Å². The number of pyridine rings is 1. The van der Waals surface area contributed by atoms with E-state index >= 15 is 0 Å². The topological polar surface area (TPSA) is 53.0 Å². The first-order valence-corrected chi connectivity index (χ1v) is 3.48. The minimum Gasteiger partial charge on any atom is -0.768 e. The van der Waals surface area contributed by atoms with Crippen LogP contribution in [0.2, 0.25) is 0 Å². The van der Waals surface area contributed by atoms with Crippen molar-refractivity contribution >= 4 is 11.1 Å². The summed E-state index contributed by atoms with van der Waals surface area (Å²) >= 11 is -2.32. The van der Waals surface area contributed by atoms with Gasteiger partial charge in [0, 0.05) is 11.1 Å². The molecule has 1 aromatic rings. The van der Waals surface area contributed by atoms with Crippen LogP contribution in [0, 0.1) is 5.95 Å². The van der Waals surface area contributed by atoms with Gasteiger partial charge in [-0.25, -0.2) is 4.98 Å². The smallest absolute Gasteiger partial charge is 0.768 e. The predicted molar refractivity (Wildman–Crippen MR) is 31.4 cm³/mol. The SMILES string of the molecule is O=S([O-])c1ccc(F)nc1.[Na+]. The van der Waals surface area contributed by atoms with Crippen LogP contribution in [0.25, 0.3) is 0 Å². The minimum absolute atomic E-state index is 0. The molecule has 1 heterocycles. The van der Waals surface area contributed by atoms with Crippen LogP contribution in [0.5, 0.6) is 0 Å². The molecule has 0 N–H and O–H groups in total. The molecule has 0 radical (unpaired) electrons. The molecule has 1 aromatic heterocycles. The van der Waals surface area contributed by atoms with Crippen molar-refractivity contribution in [3.05, 3.63) is 24.3 Å². The molecule has 0 fully saturated rings. The van der Waals surface area contributed by atoms with Crippen molar-refractivity contribution in [2.24, 2.45) is 0 Å². The molecular formula is C5H3FNNaO2S. The van der Waals surface area contributed by atoms with Crippen LogP contribution >= 0.6 is 0 Å². The standard InChI is InChI=1S/C5H4FNO2S.Na/c6-5-2-1-4(3-7-5)10(8)9;/h1-3H,(H,8,9);/q;+1/p-1. The van der Waals surface area contributed by atoms with Gasteiger partial charge in [0.1, 0.15) is 0 Å². The first-order chi connectivity index (χ1) is 4.70. The number of nitrogens with zero attached hydrogens (tertiary/aromatic N) is 1. The van der Waals surface area contributed by atoms with Gasteiger partial charge in [0.25, 0.3) is 0 Å². The van der Waals surface area contributed by atoms with Crippen LogP contribution in [0.3, 0.4) is 0 Å². The van der Waals surface area contributed by atoms with Gasteiger partial charge in [-0.3, -0.25) is 4.21 Å². The second kappa shape index (κ2) is 4.95. The largest absolute Gasteiger partial charge is 1.00 e. The van der Waals surface area contributed by atoms with E-state index in [9.17, 15) is 13.2 Å². The number of hydrogen-bond acceptors (Lipinski definition) is 3. The van der Waals surface area contributed by atoms with E-state index in [1.807, 2.05) is 0 Å². The molecule has 0 amide bonds. The Hall–Kier alpha value is 0.190. The third kappa shape index (κ3) is 3.39. The first kappa shape index (κ1) is 11.2. The molecule has 3 nitrogen and oxygen atoms in total. The quantitative estimate of drug-likeness (QED) is 0.274. The molecule has 0 bridgehead atoms. The van der Waals surface area contributed by atoms with Crippen LogP contribution in [0.4, 0.5) is 4.39 Å². The van der Waals surface area contributed by atoms with E-state index in [0.717, 1.165) is 18.3 Å². The van der Waals surface area contributed by atoms with Gasteiger partial charge in [-0.05, 0) is 23.2 Å². The Morgan fingerprint density at radius 2 is 2.18 bits per heavy atom. The van der Waals surface area contributed by atoms with Gasteiger partial charge >= 0.3 is 29.6 Å². The van der Waals surface area contributed by atoms with Gasteiger partial charge in [0.2, 0.25) is 5.95 Å². The maximum atomic E-state index is 12.0. The van der Waals surface area contributed by atoms with Crippen molar-refractivity contribution in [1.82, 2.24) is 4.98 Å². The van der Waals surface area contributed by atoms with Crippen molar-refractivity contribution in [1.29, 1.82) is 0 Å². The predicted octanol–water partition coefficient (Wildman–Crippen LogP) is -2.54. The average molecular weight is 183 g/mol. The van der Waals surface area contributed by atoms with E-state index in [4.69, 9.17) is 0 Å². The zero-order valence-electron chi connectivity index (χ0n) is 5.78. The summed E-state index contributed by atoms with van der Waals surface area (Å²) in [5, 5.41) is 0. The molecule has 0 spiro atoms. The van der Waals surface area contributed by atoms with Crippen molar-refractivity contribution in [2.45, 2.75) is 4.90 Å². The van der Waals surface area contributed by atoms with Gasteiger partial charge in [0.05, 0.1) is 0 Å². The van der Waals surface area contributed by atoms with Gasteiger partial charge in [-0.15, -0.1) is 0 Å². The van der Waals surface area contributed by atoms with Crippen LogP contribution in [-0.2, 0) is 11.1 Å². The third-order valence-electron chi connectivity index (χ3n) is 0.893. The van der Waals surface area contributed by atoms with Crippen molar-refractivity contribution in [3.8, 4) is 0 Å². The van der Waals surface area contributed by atoms with E-state index in [0.29, 0.717) is 0 Å². The summed E-state index contributed by atoms with van der Waals surface area (Å²) in [6.45, 7) is 0. The fraction of sp³-hybridized carbons (Fsp3) is 0. The van der Waals surface area contributed by atoms with Crippen LogP contribution < -0.4 is 29.6 Å². The average Bonchev–Trinajstić information content (AvgIpc) is 1.88. The van der Waals surface area contributed by atoms with Gasteiger partial charge in [-0.2, -0.15) is 4.39 Å². The fourth-order valence-corrected chi connectivity index (χ4v) is 0.779. The Kier molecular flexibility index (Phi) is 5.03. The summed E-state index contributed by atoms with van der Waals surface area (Å²) in [5.74, 6) is -0.686. The summed E-state index contributed by atoms with van der Waals surface area (Å²) in [4.78, 5) is 3.13. The van der Waals surface area contributed by atoms with Gasteiger partial charge < -0.3 is 4.55 Å². The second-order valence-electron chi connectivity index (χ2n) is 1.55. The van der Waals surface area contributed by atoms with E-state index in [-0.39, 0.29) is 34.5 Å². The Balaban J connectivity index is 0.000001000. The molecule has 0 aromatic carbocycles. The molecule has 0 saturated heterocycles. The zero-order chi connectivity index (χ0) is 7.56. The molecule has 0 aliphatic carbocycles. The van der Waals surface area contributed by atoms with Crippen LogP contribution in [-0.4, -0.2) is 13.7 Å². The number of rotatable bonds is 1. The Morgan fingerprint density at radius 3 is 2.55 bits per heavy atom. The summed E-state index contributed by atoms with van der Waals surface area (Å²) < 4.78 is 32.3. The monoisotopic (exact) mass is 183 g/mol. The fourth-order valence-electron chi connectivity index (χ4n) is 0.461. The van der Waals surface area contributed by atoms with E-state index < -0.39 is 17.0 Å². The summed E-state index contributed by atoms with van der Waals surface area (Å²) in [6, 6.07) is 2.14. The van der Waals surface area contributed by atoms with Gasteiger partial charge in [0.15, 0.2) is 0 Å². The second-order valence-corrected chi connectivity index (χ2v) is 2.49. The van der Waals surface area contributed by atoms with Crippen molar-refractivity contribution in [3.63, 3.8) is 0 Å². The molecule has 11 heavy (non-hydrogen) atoms. The summed E-state index contributed by atoms with van der Waals surface area (Å²) in [7, 11) is 0. The van der Waals surface area contributed by atoms with Crippen LogP contribution in [0.15, 0.2) is 23.2 Å². The molecule has 6 heteroatoms. The summed E-state index contributed by atoms with van der Waals surface area (Å²) in [5.41, 5.74) is 0. The molecule has 0 saturated carbocycles. The molecular weight excluding hydrogens is 180 g/mol. The molecule has 54 valence electrons. The summed E-state index contributed by atoms with van der Waals surface area (Å²) in [6.07, 6.45) is 0.957. The first-order valence-electron chi connectivity index (χ1n) is 2.41. The normalized spacial score (nSPS) is 11.8. The molecule has 1 unspecified atom stereocenters. The maximum absolute atomic E-state index is 12.0. The van der Waals surface area contributed by atoms with Crippen molar-refractivity contribution < 1.29 is 42.7 Å². The Morgan fingerprint density at radius 1 is 1.55 bits per heavy atom. The van der Waals surface area contributed by atoms with E-state index in [1.54, 1.807) is 0 Å². The maximum Gasteiger partial charge on any atom is 1.00 e. The molecule has 0 aliphatic heterocycles. The Bertz CT molecular complexity index is 253. The van der Waals surface area contributed by atoms with Gasteiger partial charge in [-0.1, -0.05) is 0 Å². The zero-order valence-corrected chi connectivity index (χ0v) is 8.60. The minimum atomic E-state index is -2.32. The number of hydrogen-bond donors (Lipinski definition) is 0. The molecule has 1 rings (SSSR count). The molecule has 1 atom stereocenters. The number of aromatic nitrogens is 1. The van der Waals surface area contributed by atoms with E-state index in [2.05, 4.69) is 4.98 Å².